The zero-order chi connectivity index (χ0) is 23.2. The number of methoxy groups -OCH3 is 1. The summed E-state index contributed by atoms with van der Waals surface area (Å²) in [6.07, 6.45) is 7.03. The van der Waals surface area contributed by atoms with Crippen molar-refractivity contribution in [2.45, 2.75) is 52.0 Å². The topological polar surface area (TPSA) is 67.9 Å². The van der Waals surface area contributed by atoms with Gasteiger partial charge in [-0.25, -0.2) is 4.79 Å². The molecule has 0 unspecified atom stereocenters. The summed E-state index contributed by atoms with van der Waals surface area (Å²) in [4.78, 5) is 26.4. The second-order valence-corrected chi connectivity index (χ2v) is 7.84. The average Bonchev–Trinajstić information content (AvgIpc) is 2.83. The summed E-state index contributed by atoms with van der Waals surface area (Å²) in [5.74, 6) is -0.691. The Kier molecular flexibility index (Phi) is 11.3. The minimum atomic E-state index is -0.484. The molecule has 1 amide bonds. The van der Waals surface area contributed by atoms with Gasteiger partial charge in [-0.1, -0.05) is 69.4 Å². The number of carbonyl (C=O) groups is 2. The normalized spacial score (nSPS) is 10.6. The number of hydrogen-bond donors (Lipinski definition) is 1. The fourth-order valence-electron chi connectivity index (χ4n) is 3.38. The van der Waals surface area contributed by atoms with Crippen molar-refractivity contribution in [3.63, 3.8) is 0 Å². The molecule has 0 aliphatic rings. The number of rotatable bonds is 14. The van der Waals surface area contributed by atoms with Gasteiger partial charge in [0.25, 0.3) is 5.91 Å². The summed E-state index contributed by atoms with van der Waals surface area (Å²) >= 11 is 0. The quantitative estimate of drug-likeness (QED) is 0.314. The van der Waals surface area contributed by atoms with Crippen LogP contribution in [-0.4, -0.2) is 39.2 Å². The van der Waals surface area contributed by atoms with Crippen molar-refractivity contribution >= 4 is 23.3 Å². The highest BCUT2D eigenvalue weighted by molar-refractivity contribution is 6.03. The first kappa shape index (κ1) is 25.4. The summed E-state index contributed by atoms with van der Waals surface area (Å²) in [5.41, 5.74) is 2.77. The van der Waals surface area contributed by atoms with E-state index in [0.717, 1.165) is 24.1 Å². The highest BCUT2D eigenvalue weighted by Crippen LogP contribution is 2.26. The van der Waals surface area contributed by atoms with E-state index >= 15 is 0 Å². The number of nitrogens with zero attached hydrogens (tertiary/aromatic N) is 1. The molecule has 2 aromatic rings. The number of anilines is 2. The molecular formula is C26H36N2O4. The van der Waals surface area contributed by atoms with E-state index in [4.69, 9.17) is 9.47 Å². The smallest absolute Gasteiger partial charge is 0.339 e. The molecule has 0 aliphatic heterocycles. The van der Waals surface area contributed by atoms with Gasteiger partial charge in [-0.2, -0.15) is 0 Å². The Morgan fingerprint density at radius 1 is 0.969 bits per heavy atom. The number of hydrogen-bond acceptors (Lipinski definition) is 5. The van der Waals surface area contributed by atoms with Gasteiger partial charge in [-0.3, -0.25) is 4.79 Å². The minimum absolute atomic E-state index is 0.0201. The third-order valence-corrected chi connectivity index (χ3v) is 5.35. The number of carbonyl (C=O) groups excluding carboxylic acids is 2. The van der Waals surface area contributed by atoms with E-state index in [1.807, 2.05) is 36.4 Å². The predicted molar refractivity (Wildman–Crippen MR) is 129 cm³/mol. The van der Waals surface area contributed by atoms with Crippen molar-refractivity contribution in [2.24, 2.45) is 0 Å². The van der Waals surface area contributed by atoms with Crippen LogP contribution in [0.3, 0.4) is 0 Å². The zero-order valence-electron chi connectivity index (χ0n) is 19.6. The molecule has 6 heteroatoms. The molecule has 174 valence electrons. The Balaban J connectivity index is 1.96. The number of nitrogens with one attached hydrogen (secondary N) is 1. The van der Waals surface area contributed by atoms with Crippen LogP contribution in [0, 0.1) is 0 Å². The lowest BCUT2D eigenvalue weighted by atomic mass is 10.1. The number of benzene rings is 2. The molecule has 0 heterocycles. The van der Waals surface area contributed by atoms with Crippen LogP contribution in [-0.2, 0) is 20.8 Å². The molecule has 32 heavy (non-hydrogen) atoms. The van der Waals surface area contributed by atoms with E-state index in [1.54, 1.807) is 19.2 Å². The molecule has 0 spiro atoms. The van der Waals surface area contributed by atoms with Crippen LogP contribution in [0.5, 0.6) is 0 Å². The van der Waals surface area contributed by atoms with E-state index in [2.05, 4.69) is 12.2 Å². The van der Waals surface area contributed by atoms with Crippen molar-refractivity contribution in [3.8, 4) is 0 Å². The van der Waals surface area contributed by atoms with E-state index in [1.165, 1.54) is 37.7 Å². The molecule has 0 fully saturated rings. The van der Waals surface area contributed by atoms with E-state index < -0.39 is 5.97 Å². The van der Waals surface area contributed by atoms with E-state index in [-0.39, 0.29) is 12.5 Å². The van der Waals surface area contributed by atoms with Gasteiger partial charge >= 0.3 is 5.97 Å². The third-order valence-electron chi connectivity index (χ3n) is 5.35. The first-order valence-corrected chi connectivity index (χ1v) is 11.4. The third kappa shape index (κ3) is 8.35. The molecular weight excluding hydrogens is 404 g/mol. The molecule has 0 saturated heterocycles. The van der Waals surface area contributed by atoms with Crippen LogP contribution in [0.2, 0.25) is 0 Å². The second-order valence-electron chi connectivity index (χ2n) is 7.84. The van der Waals surface area contributed by atoms with Crippen LogP contribution in [0.15, 0.2) is 48.5 Å². The van der Waals surface area contributed by atoms with Crippen molar-refractivity contribution in [2.75, 3.05) is 37.6 Å². The van der Waals surface area contributed by atoms with Gasteiger partial charge in [-0.05, 0) is 30.2 Å². The molecule has 0 saturated carbocycles. The Hall–Kier alpha value is -2.86. The van der Waals surface area contributed by atoms with Gasteiger partial charge in [0.15, 0.2) is 0 Å². The van der Waals surface area contributed by atoms with Crippen molar-refractivity contribution < 1.29 is 19.1 Å². The van der Waals surface area contributed by atoms with Crippen LogP contribution < -0.4 is 10.2 Å². The molecule has 1 N–H and O–H groups in total. The number of esters is 1. The van der Waals surface area contributed by atoms with Gasteiger partial charge in [-0.15, -0.1) is 0 Å². The van der Waals surface area contributed by atoms with Gasteiger partial charge in [0.05, 0.1) is 18.4 Å². The van der Waals surface area contributed by atoms with Gasteiger partial charge < -0.3 is 19.7 Å². The zero-order valence-corrected chi connectivity index (χ0v) is 19.6. The number of likely N-dealkylation sites (N-methyl/N-ethyl adjacent to an activating group) is 1. The van der Waals surface area contributed by atoms with Crippen molar-refractivity contribution in [3.05, 3.63) is 59.7 Å². The van der Waals surface area contributed by atoms with Crippen LogP contribution in [0.25, 0.3) is 0 Å². The van der Waals surface area contributed by atoms with Gasteiger partial charge in [0.2, 0.25) is 0 Å². The average molecular weight is 441 g/mol. The van der Waals surface area contributed by atoms with Crippen molar-refractivity contribution in [1.29, 1.82) is 0 Å². The minimum Gasteiger partial charge on any atom is -0.465 e. The lowest BCUT2D eigenvalue weighted by Crippen LogP contribution is -2.31. The number of ether oxygens (including phenoxy) is 2. The molecule has 2 rings (SSSR count). The lowest BCUT2D eigenvalue weighted by Gasteiger charge is -2.21. The first-order chi connectivity index (χ1) is 15.6. The van der Waals surface area contributed by atoms with Gasteiger partial charge in [0, 0.05) is 25.9 Å². The summed E-state index contributed by atoms with van der Waals surface area (Å²) in [6, 6.07) is 15.3. The lowest BCUT2D eigenvalue weighted by molar-refractivity contribution is -0.122. The van der Waals surface area contributed by atoms with Crippen LogP contribution >= 0.6 is 0 Å². The highest BCUT2D eigenvalue weighted by Gasteiger charge is 2.20. The fourth-order valence-corrected chi connectivity index (χ4v) is 3.38. The first-order valence-electron chi connectivity index (χ1n) is 11.4. The van der Waals surface area contributed by atoms with Crippen LogP contribution in [0.4, 0.5) is 11.4 Å². The maximum absolute atomic E-state index is 12.7. The second kappa shape index (κ2) is 14.2. The largest absolute Gasteiger partial charge is 0.465 e. The van der Waals surface area contributed by atoms with Crippen LogP contribution in [0.1, 0.15) is 61.4 Å². The van der Waals surface area contributed by atoms with E-state index in [0.29, 0.717) is 24.4 Å². The number of unbranched alkanes of at least 4 members (excludes halogenated alkanes) is 5. The molecule has 6 nitrogen and oxygen atoms in total. The molecule has 0 atom stereocenters. The fraction of sp³-hybridized carbons (Fsp3) is 0.462. The Morgan fingerprint density at radius 3 is 2.41 bits per heavy atom. The SMILES string of the molecule is CCCCCCCCOCC(=O)N(C)c1cc(NCc2ccccc2)ccc1C(=O)OC. The summed E-state index contributed by atoms with van der Waals surface area (Å²) < 4.78 is 10.5. The Labute approximate surface area is 191 Å². The monoisotopic (exact) mass is 440 g/mol. The summed E-state index contributed by atoms with van der Waals surface area (Å²) in [5, 5.41) is 3.34. The summed E-state index contributed by atoms with van der Waals surface area (Å²) in [7, 11) is 2.98. The highest BCUT2D eigenvalue weighted by atomic mass is 16.5. The van der Waals surface area contributed by atoms with E-state index in [9.17, 15) is 9.59 Å². The molecule has 2 aromatic carbocycles. The number of amides is 1. The van der Waals surface area contributed by atoms with Gasteiger partial charge in [0.1, 0.15) is 6.61 Å². The standard InChI is InChI=1S/C26H36N2O4/c1-4-5-6-7-8-12-17-32-20-25(29)28(2)24-18-22(15-16-23(24)26(30)31-3)27-19-21-13-10-9-11-14-21/h9-11,13-16,18,27H,4-8,12,17,19-20H2,1-3H3. The Morgan fingerprint density at radius 2 is 1.69 bits per heavy atom. The molecule has 0 bridgehead atoms. The molecule has 0 aromatic heterocycles. The summed E-state index contributed by atoms with van der Waals surface area (Å²) in [6.45, 7) is 3.38. The molecule has 0 aliphatic carbocycles. The maximum atomic E-state index is 12.7. The van der Waals surface area contributed by atoms with Crippen molar-refractivity contribution in [1.82, 2.24) is 0 Å². The Bertz CT molecular complexity index is 839. The molecule has 0 radical (unpaired) electrons. The predicted octanol–water partition coefficient (Wildman–Crippen LogP) is 5.43. The maximum Gasteiger partial charge on any atom is 0.339 e.